The van der Waals surface area contributed by atoms with Gasteiger partial charge in [0.2, 0.25) is 0 Å². The minimum atomic E-state index is 0. The van der Waals surface area contributed by atoms with Crippen LogP contribution in [0.15, 0.2) is 0 Å². The molecule has 1 unspecified atom stereocenters. The largest absolute Gasteiger partial charge is 0.300 e. The fraction of sp³-hybridized carbons (Fsp3) is 0.857. The molecule has 1 aliphatic carbocycles. The smallest absolute Gasteiger partial charge is 0.134 e. The molecule has 0 bridgehead atoms. The fourth-order valence-corrected chi connectivity index (χ4v) is 1.77. The van der Waals surface area contributed by atoms with Gasteiger partial charge in [-0.15, -0.1) is 12.4 Å². The van der Waals surface area contributed by atoms with Crippen LogP contribution in [0.1, 0.15) is 25.7 Å². The third-order valence-electron chi connectivity index (χ3n) is 2.43. The summed E-state index contributed by atoms with van der Waals surface area (Å²) in [4.78, 5) is 11.0. The van der Waals surface area contributed by atoms with Gasteiger partial charge < -0.3 is 0 Å². The average molecular weight is 177 g/mol. The van der Waals surface area contributed by atoms with Crippen molar-refractivity contribution in [2.75, 3.05) is 6.54 Å². The molecule has 11 heavy (non-hydrogen) atoms. The van der Waals surface area contributed by atoms with Gasteiger partial charge in [-0.3, -0.25) is 10.2 Å². The predicted octanol–water partition coefficient (Wildman–Crippen LogP) is 0.398. The Hall–Kier alpha value is -0.120. The first-order chi connectivity index (χ1) is 4.81. The van der Waals surface area contributed by atoms with Crippen LogP contribution >= 0.6 is 12.4 Å². The molecule has 1 atom stereocenters. The lowest BCUT2D eigenvalue weighted by Gasteiger charge is -2.45. The van der Waals surface area contributed by atoms with Crippen LogP contribution in [0.5, 0.6) is 0 Å². The summed E-state index contributed by atoms with van der Waals surface area (Å²) in [6.45, 7) is 0.971. The van der Waals surface area contributed by atoms with Crippen molar-refractivity contribution in [2.45, 2.75) is 31.2 Å². The lowest BCUT2D eigenvalue weighted by atomic mass is 9.79. The standard InChI is InChI=1S/C7H12N2O.ClH/c10-6-2-1-3-7(4-6)5-8-9-7;/h8-9H,1-5H2;1H. The number of hydrogen-bond acceptors (Lipinski definition) is 3. The van der Waals surface area contributed by atoms with E-state index >= 15 is 0 Å². The van der Waals surface area contributed by atoms with Gasteiger partial charge >= 0.3 is 0 Å². The van der Waals surface area contributed by atoms with E-state index in [4.69, 9.17) is 0 Å². The second-order valence-corrected chi connectivity index (χ2v) is 3.33. The zero-order valence-electron chi connectivity index (χ0n) is 6.35. The molecule has 2 aliphatic rings. The van der Waals surface area contributed by atoms with Gasteiger partial charge in [-0.05, 0) is 12.8 Å². The molecule has 3 nitrogen and oxygen atoms in total. The first-order valence-electron chi connectivity index (χ1n) is 3.83. The van der Waals surface area contributed by atoms with E-state index in [0.717, 1.165) is 32.2 Å². The molecule has 2 fully saturated rings. The highest BCUT2D eigenvalue weighted by molar-refractivity contribution is 5.85. The maximum Gasteiger partial charge on any atom is 0.134 e. The number of carbonyl (C=O) groups excluding carboxylic acids is 1. The van der Waals surface area contributed by atoms with E-state index in [9.17, 15) is 4.79 Å². The molecule has 1 heterocycles. The van der Waals surface area contributed by atoms with Gasteiger partial charge in [0.1, 0.15) is 5.78 Å². The van der Waals surface area contributed by atoms with E-state index in [-0.39, 0.29) is 17.9 Å². The van der Waals surface area contributed by atoms with E-state index in [1.807, 2.05) is 0 Å². The minimum absolute atomic E-state index is 0. The second-order valence-electron chi connectivity index (χ2n) is 3.33. The van der Waals surface area contributed by atoms with E-state index in [1.165, 1.54) is 0 Å². The SMILES string of the molecule is Cl.O=C1CCCC2(CNN2)C1. The second kappa shape index (κ2) is 3.09. The highest BCUT2D eigenvalue weighted by Gasteiger charge is 2.40. The highest BCUT2D eigenvalue weighted by Crippen LogP contribution is 2.27. The number of carbonyl (C=O) groups is 1. The predicted molar refractivity (Wildman–Crippen MR) is 44.6 cm³/mol. The molecule has 0 radical (unpaired) electrons. The molecule has 2 N–H and O–H groups in total. The maximum absolute atomic E-state index is 11.0. The third-order valence-corrected chi connectivity index (χ3v) is 2.43. The molecular formula is C7H13ClN2O. The summed E-state index contributed by atoms with van der Waals surface area (Å²) >= 11 is 0. The Morgan fingerprint density at radius 3 is 2.55 bits per heavy atom. The van der Waals surface area contributed by atoms with Crippen LogP contribution in [-0.4, -0.2) is 17.9 Å². The van der Waals surface area contributed by atoms with Crippen LogP contribution in [0.25, 0.3) is 0 Å². The Labute approximate surface area is 72.3 Å². The number of hydrogen-bond donors (Lipinski definition) is 2. The summed E-state index contributed by atoms with van der Waals surface area (Å²) in [7, 11) is 0. The summed E-state index contributed by atoms with van der Waals surface area (Å²) in [6.07, 6.45) is 3.75. The molecule has 0 aromatic rings. The van der Waals surface area contributed by atoms with Crippen molar-refractivity contribution in [3.05, 3.63) is 0 Å². The summed E-state index contributed by atoms with van der Waals surface area (Å²) in [5, 5.41) is 0. The Kier molecular flexibility index (Phi) is 2.52. The van der Waals surface area contributed by atoms with E-state index in [0.29, 0.717) is 5.78 Å². The Morgan fingerprint density at radius 2 is 2.18 bits per heavy atom. The molecule has 0 amide bonds. The summed E-state index contributed by atoms with van der Waals surface area (Å²) in [6, 6.07) is 0. The van der Waals surface area contributed by atoms with Crippen molar-refractivity contribution in [1.82, 2.24) is 10.9 Å². The monoisotopic (exact) mass is 176 g/mol. The van der Waals surface area contributed by atoms with Gasteiger partial charge in [-0.2, -0.15) is 0 Å². The van der Waals surface area contributed by atoms with Gasteiger partial charge in [-0.25, -0.2) is 5.43 Å². The molecule has 2 rings (SSSR count). The van der Waals surface area contributed by atoms with Crippen molar-refractivity contribution in [1.29, 1.82) is 0 Å². The molecule has 4 heteroatoms. The number of ketones is 1. The van der Waals surface area contributed by atoms with Gasteiger partial charge in [0.15, 0.2) is 0 Å². The van der Waals surface area contributed by atoms with Crippen molar-refractivity contribution in [2.24, 2.45) is 0 Å². The van der Waals surface area contributed by atoms with Crippen LogP contribution in [0.2, 0.25) is 0 Å². The summed E-state index contributed by atoms with van der Waals surface area (Å²) in [5.74, 6) is 0.417. The fourth-order valence-electron chi connectivity index (χ4n) is 1.77. The quantitative estimate of drug-likeness (QED) is 0.562. The van der Waals surface area contributed by atoms with Gasteiger partial charge in [0.25, 0.3) is 0 Å². The first-order valence-corrected chi connectivity index (χ1v) is 3.83. The van der Waals surface area contributed by atoms with E-state index < -0.39 is 0 Å². The number of nitrogens with one attached hydrogen (secondary N) is 2. The lowest BCUT2D eigenvalue weighted by Crippen LogP contribution is -2.71. The number of hydrazine groups is 1. The number of halogens is 1. The van der Waals surface area contributed by atoms with Gasteiger partial charge in [0, 0.05) is 19.4 Å². The van der Waals surface area contributed by atoms with Crippen LogP contribution in [0, 0.1) is 0 Å². The third kappa shape index (κ3) is 1.55. The van der Waals surface area contributed by atoms with Gasteiger partial charge in [0.05, 0.1) is 5.54 Å². The van der Waals surface area contributed by atoms with Gasteiger partial charge in [-0.1, -0.05) is 0 Å². The molecule has 1 saturated heterocycles. The molecule has 1 aliphatic heterocycles. The molecule has 1 spiro atoms. The normalized spacial score (nSPS) is 36.2. The number of Topliss-reactive ketones (excluding diaryl/α,β-unsaturated/α-hetero) is 1. The Balaban J connectivity index is 0.000000605. The maximum atomic E-state index is 11.0. The van der Waals surface area contributed by atoms with Crippen LogP contribution in [0.3, 0.4) is 0 Å². The molecule has 64 valence electrons. The van der Waals surface area contributed by atoms with Crippen LogP contribution < -0.4 is 10.9 Å². The molecule has 1 saturated carbocycles. The molecule has 0 aromatic heterocycles. The van der Waals surface area contributed by atoms with Crippen molar-refractivity contribution >= 4 is 18.2 Å². The summed E-state index contributed by atoms with van der Waals surface area (Å²) < 4.78 is 0. The average Bonchev–Trinajstić information content (AvgIpc) is 1.85. The molecule has 0 aromatic carbocycles. The van der Waals surface area contributed by atoms with E-state index in [2.05, 4.69) is 10.9 Å². The minimum Gasteiger partial charge on any atom is -0.300 e. The van der Waals surface area contributed by atoms with Crippen molar-refractivity contribution in [3.63, 3.8) is 0 Å². The highest BCUT2D eigenvalue weighted by atomic mass is 35.5. The van der Waals surface area contributed by atoms with Crippen molar-refractivity contribution in [3.8, 4) is 0 Å². The zero-order chi connectivity index (χ0) is 7.03. The van der Waals surface area contributed by atoms with E-state index in [1.54, 1.807) is 0 Å². The van der Waals surface area contributed by atoms with Crippen LogP contribution in [0.4, 0.5) is 0 Å². The first kappa shape index (κ1) is 8.97. The van der Waals surface area contributed by atoms with Crippen LogP contribution in [-0.2, 0) is 4.79 Å². The summed E-state index contributed by atoms with van der Waals surface area (Å²) in [5.41, 5.74) is 6.27. The van der Waals surface area contributed by atoms with Crippen molar-refractivity contribution < 1.29 is 4.79 Å². The zero-order valence-corrected chi connectivity index (χ0v) is 7.17. The lowest BCUT2D eigenvalue weighted by molar-refractivity contribution is -0.123. The number of rotatable bonds is 0. The topological polar surface area (TPSA) is 41.1 Å². The Bertz CT molecular complexity index is 168. The Morgan fingerprint density at radius 1 is 1.45 bits per heavy atom. The molecular weight excluding hydrogens is 164 g/mol.